The van der Waals surface area contributed by atoms with Gasteiger partial charge in [-0.2, -0.15) is 0 Å². The highest BCUT2D eigenvalue weighted by molar-refractivity contribution is 7.14. The second kappa shape index (κ2) is 7.31. The van der Waals surface area contributed by atoms with Crippen molar-refractivity contribution in [1.82, 2.24) is 4.98 Å². The molecule has 1 aliphatic rings. The van der Waals surface area contributed by atoms with Crippen molar-refractivity contribution >= 4 is 44.9 Å². The number of methoxy groups -OCH3 is 1. The molecule has 0 radical (unpaired) electrons. The van der Waals surface area contributed by atoms with E-state index in [0.29, 0.717) is 22.9 Å². The van der Waals surface area contributed by atoms with Crippen LogP contribution in [0.1, 0.15) is 11.1 Å². The number of ether oxygens (including phenoxy) is 1. The quantitative estimate of drug-likeness (QED) is 0.505. The molecule has 0 bridgehead atoms. The molecular weight excluding hydrogens is 402 g/mol. The van der Waals surface area contributed by atoms with Crippen LogP contribution in [0.2, 0.25) is 0 Å². The van der Waals surface area contributed by atoms with E-state index in [-0.39, 0.29) is 18.2 Å². The third kappa shape index (κ3) is 3.42. The Kier molecular flexibility index (Phi) is 4.48. The van der Waals surface area contributed by atoms with Crippen molar-refractivity contribution in [2.45, 2.75) is 12.8 Å². The predicted molar refractivity (Wildman–Crippen MR) is 115 cm³/mol. The highest BCUT2D eigenvalue weighted by Crippen LogP contribution is 2.31. The van der Waals surface area contributed by atoms with Gasteiger partial charge < -0.3 is 19.8 Å². The van der Waals surface area contributed by atoms with E-state index >= 15 is 0 Å². The fourth-order valence-corrected chi connectivity index (χ4v) is 4.25. The van der Waals surface area contributed by atoms with Crippen LogP contribution < -0.4 is 15.4 Å². The van der Waals surface area contributed by atoms with Gasteiger partial charge in [-0.15, -0.1) is 11.3 Å². The second-order valence-electron chi connectivity index (χ2n) is 6.98. The van der Waals surface area contributed by atoms with Crippen LogP contribution in [-0.4, -0.2) is 23.9 Å². The molecule has 1 aliphatic heterocycles. The van der Waals surface area contributed by atoms with Crippen LogP contribution in [0.25, 0.3) is 22.2 Å². The molecule has 4 aromatic rings. The van der Waals surface area contributed by atoms with Gasteiger partial charge in [0.2, 0.25) is 11.8 Å². The molecule has 0 fully saturated rings. The molecule has 0 saturated heterocycles. The lowest BCUT2D eigenvalue weighted by Crippen LogP contribution is -2.13. The van der Waals surface area contributed by atoms with Crippen LogP contribution in [-0.2, 0) is 22.4 Å². The fourth-order valence-electron chi connectivity index (χ4n) is 3.52. The van der Waals surface area contributed by atoms with Crippen molar-refractivity contribution in [3.05, 3.63) is 59.2 Å². The highest BCUT2D eigenvalue weighted by atomic mass is 32.1. The summed E-state index contributed by atoms with van der Waals surface area (Å²) >= 11 is 1.36. The molecule has 2 aromatic carbocycles. The number of anilines is 2. The summed E-state index contributed by atoms with van der Waals surface area (Å²) in [6.45, 7) is 0. The minimum atomic E-state index is -0.168. The smallest absolute Gasteiger partial charge is 0.230 e. The highest BCUT2D eigenvalue weighted by Gasteiger charge is 2.19. The Morgan fingerprint density at radius 1 is 1.30 bits per heavy atom. The molecule has 0 unspecified atom stereocenters. The maximum absolute atomic E-state index is 12.5. The minimum absolute atomic E-state index is 0.00130. The van der Waals surface area contributed by atoms with Crippen LogP contribution in [0.3, 0.4) is 0 Å². The van der Waals surface area contributed by atoms with Crippen molar-refractivity contribution in [2.24, 2.45) is 0 Å². The van der Waals surface area contributed by atoms with Gasteiger partial charge in [0.05, 0.1) is 31.9 Å². The van der Waals surface area contributed by atoms with Crippen LogP contribution in [0, 0.1) is 0 Å². The minimum Gasteiger partial charge on any atom is -0.497 e. The number of carbonyl (C=O) groups excluding carboxylic acids is 2. The van der Waals surface area contributed by atoms with Crippen molar-refractivity contribution in [1.29, 1.82) is 0 Å². The summed E-state index contributed by atoms with van der Waals surface area (Å²) in [5, 5.41) is 8.97. The van der Waals surface area contributed by atoms with Gasteiger partial charge in [-0.3, -0.25) is 9.59 Å². The molecule has 5 rings (SSSR count). The zero-order chi connectivity index (χ0) is 20.7. The Bertz CT molecular complexity index is 1290. The maximum atomic E-state index is 12.5. The van der Waals surface area contributed by atoms with Crippen LogP contribution in [0.15, 0.2) is 52.5 Å². The van der Waals surface area contributed by atoms with Gasteiger partial charge in [-0.25, -0.2) is 4.98 Å². The number of fused-ring (bicyclic) bond motifs is 2. The van der Waals surface area contributed by atoms with Gasteiger partial charge in [-0.1, -0.05) is 6.07 Å². The standard InChI is InChI=1S/C22H17N3O4S/c1-28-15-3-4-16-14(10-29-19(16)9-15)8-21(27)25-22-24-18(11-30-22)12-2-5-17-13(6-12)7-20(26)23-17/h2-6,9-11H,7-8H2,1H3,(H,23,26)(H,24,25,27). The third-order valence-electron chi connectivity index (χ3n) is 4.99. The first-order valence-electron chi connectivity index (χ1n) is 9.32. The molecule has 2 amide bonds. The van der Waals surface area contributed by atoms with Crippen molar-refractivity contribution in [3.63, 3.8) is 0 Å². The van der Waals surface area contributed by atoms with Crippen LogP contribution in [0.5, 0.6) is 5.75 Å². The first kappa shape index (κ1) is 18.4. The molecule has 30 heavy (non-hydrogen) atoms. The molecule has 0 saturated carbocycles. The number of benzene rings is 2. The number of nitrogens with zero attached hydrogens (tertiary/aromatic N) is 1. The summed E-state index contributed by atoms with van der Waals surface area (Å²) in [7, 11) is 1.60. The van der Waals surface area contributed by atoms with Crippen LogP contribution in [0.4, 0.5) is 10.8 Å². The third-order valence-corrected chi connectivity index (χ3v) is 5.75. The van der Waals surface area contributed by atoms with E-state index in [9.17, 15) is 9.59 Å². The Hall–Kier alpha value is -3.65. The zero-order valence-corrected chi connectivity index (χ0v) is 16.8. The van der Waals surface area contributed by atoms with Gasteiger partial charge in [0, 0.05) is 33.6 Å². The fraction of sp³-hybridized carbons (Fsp3) is 0.136. The predicted octanol–water partition coefficient (Wildman–Crippen LogP) is 4.24. The summed E-state index contributed by atoms with van der Waals surface area (Å²) in [6.07, 6.45) is 2.15. The van der Waals surface area contributed by atoms with E-state index in [0.717, 1.165) is 33.5 Å². The number of nitrogens with one attached hydrogen (secondary N) is 2. The lowest BCUT2D eigenvalue weighted by Gasteiger charge is -2.02. The van der Waals surface area contributed by atoms with Gasteiger partial charge in [0.1, 0.15) is 11.3 Å². The number of hydrogen-bond acceptors (Lipinski definition) is 6. The van der Waals surface area contributed by atoms with E-state index in [2.05, 4.69) is 15.6 Å². The van der Waals surface area contributed by atoms with E-state index in [1.807, 2.05) is 35.7 Å². The Morgan fingerprint density at radius 3 is 3.07 bits per heavy atom. The van der Waals surface area contributed by atoms with Crippen LogP contribution >= 0.6 is 11.3 Å². The molecular formula is C22H17N3O4S. The maximum Gasteiger partial charge on any atom is 0.230 e. The second-order valence-corrected chi connectivity index (χ2v) is 7.84. The van der Waals surface area contributed by atoms with Crippen molar-refractivity contribution in [3.8, 4) is 17.0 Å². The zero-order valence-electron chi connectivity index (χ0n) is 16.0. The van der Waals surface area contributed by atoms with Crippen molar-refractivity contribution in [2.75, 3.05) is 17.7 Å². The Labute approximate surface area is 175 Å². The van der Waals surface area contributed by atoms with Crippen molar-refractivity contribution < 1.29 is 18.7 Å². The monoisotopic (exact) mass is 419 g/mol. The van der Waals surface area contributed by atoms with Gasteiger partial charge in [0.25, 0.3) is 0 Å². The molecule has 0 aliphatic carbocycles. The average Bonchev–Trinajstić information content (AvgIpc) is 3.45. The number of aromatic nitrogens is 1. The number of furan rings is 1. The Balaban J connectivity index is 1.29. The molecule has 2 N–H and O–H groups in total. The summed E-state index contributed by atoms with van der Waals surface area (Å²) < 4.78 is 10.7. The lowest BCUT2D eigenvalue weighted by atomic mass is 10.1. The number of thiazole rings is 1. The normalized spacial score (nSPS) is 12.6. The molecule has 3 heterocycles. The molecule has 0 atom stereocenters. The lowest BCUT2D eigenvalue weighted by molar-refractivity contribution is -0.116. The number of carbonyl (C=O) groups is 2. The van der Waals surface area contributed by atoms with E-state index < -0.39 is 0 Å². The summed E-state index contributed by atoms with van der Waals surface area (Å²) in [6, 6.07) is 11.3. The summed E-state index contributed by atoms with van der Waals surface area (Å²) in [5.41, 5.74) is 4.96. The van der Waals surface area contributed by atoms with E-state index in [4.69, 9.17) is 9.15 Å². The number of amides is 2. The molecule has 2 aromatic heterocycles. The first-order chi connectivity index (χ1) is 14.6. The number of rotatable bonds is 5. The van der Waals surface area contributed by atoms with Gasteiger partial charge in [-0.05, 0) is 29.8 Å². The Morgan fingerprint density at radius 2 is 2.20 bits per heavy atom. The SMILES string of the molecule is COc1ccc2c(CC(=O)Nc3nc(-c4ccc5c(c4)CC(=O)N5)cs3)coc2c1. The summed E-state index contributed by atoms with van der Waals surface area (Å²) in [5.74, 6) is 0.534. The van der Waals surface area contributed by atoms with Gasteiger partial charge in [0.15, 0.2) is 5.13 Å². The van der Waals surface area contributed by atoms with Gasteiger partial charge >= 0.3 is 0 Å². The summed E-state index contributed by atoms with van der Waals surface area (Å²) in [4.78, 5) is 28.6. The first-order valence-corrected chi connectivity index (χ1v) is 10.2. The van der Waals surface area contributed by atoms with E-state index in [1.165, 1.54) is 11.3 Å². The average molecular weight is 419 g/mol. The molecule has 8 heteroatoms. The molecule has 0 spiro atoms. The number of hydrogen-bond donors (Lipinski definition) is 2. The molecule has 150 valence electrons. The van der Waals surface area contributed by atoms with E-state index in [1.54, 1.807) is 19.4 Å². The largest absolute Gasteiger partial charge is 0.497 e. The molecule has 7 nitrogen and oxygen atoms in total. The topological polar surface area (TPSA) is 93.5 Å².